The first-order chi connectivity index (χ1) is 8.63. The van der Waals surface area contributed by atoms with E-state index in [-0.39, 0.29) is 17.7 Å². The van der Waals surface area contributed by atoms with Crippen LogP contribution in [0.3, 0.4) is 0 Å². The monoisotopic (exact) mass is 263 g/mol. The fraction of sp³-hybridized carbons (Fsp3) is 0.357. The smallest absolute Gasteiger partial charge is 0.201 e. The molecule has 2 aromatic rings. The van der Waals surface area contributed by atoms with Crippen molar-refractivity contribution in [2.45, 2.75) is 25.3 Å². The molecule has 1 aliphatic carbocycles. The van der Waals surface area contributed by atoms with Gasteiger partial charge >= 0.3 is 0 Å². The second kappa shape index (κ2) is 4.41. The maximum absolute atomic E-state index is 12.3. The Bertz CT molecular complexity index is 605. The molecule has 1 aromatic heterocycles. The molecule has 1 aliphatic rings. The van der Waals surface area contributed by atoms with E-state index in [9.17, 15) is 4.79 Å². The number of hydrogen-bond donors (Lipinski definition) is 1. The number of rotatable bonds is 2. The number of fused-ring (bicyclic) bond motifs is 1. The fourth-order valence-electron chi connectivity index (χ4n) is 2.59. The normalized spacial score (nSPS) is 23.7. The molecule has 2 atom stereocenters. The van der Waals surface area contributed by atoms with E-state index in [1.165, 1.54) is 0 Å². The highest BCUT2D eigenvalue weighted by atomic mass is 35.5. The van der Waals surface area contributed by atoms with Gasteiger partial charge in [0.05, 0.1) is 0 Å². The lowest BCUT2D eigenvalue weighted by atomic mass is 10.0. The fourth-order valence-corrected chi connectivity index (χ4v) is 2.77. The summed E-state index contributed by atoms with van der Waals surface area (Å²) in [6.45, 7) is 0. The van der Waals surface area contributed by atoms with Crippen molar-refractivity contribution in [3.8, 4) is 0 Å². The summed E-state index contributed by atoms with van der Waals surface area (Å²) in [6.07, 6.45) is 2.54. The molecule has 94 valence electrons. The Morgan fingerprint density at radius 3 is 2.89 bits per heavy atom. The predicted octanol–water partition coefficient (Wildman–Crippen LogP) is 3.40. The lowest BCUT2D eigenvalue weighted by Gasteiger charge is -2.04. The number of benzene rings is 1. The van der Waals surface area contributed by atoms with Crippen molar-refractivity contribution in [3.05, 3.63) is 35.0 Å². The van der Waals surface area contributed by atoms with Crippen molar-refractivity contribution in [1.82, 2.24) is 0 Å². The minimum atomic E-state index is 0.0102. The summed E-state index contributed by atoms with van der Waals surface area (Å²) in [6, 6.07) is 7.27. The summed E-state index contributed by atoms with van der Waals surface area (Å²) in [4.78, 5) is 12.3. The molecule has 0 spiro atoms. The van der Waals surface area contributed by atoms with Crippen LogP contribution in [0.5, 0.6) is 0 Å². The van der Waals surface area contributed by atoms with Crippen LogP contribution in [0.1, 0.15) is 29.8 Å². The van der Waals surface area contributed by atoms with E-state index in [1.807, 2.05) is 0 Å². The highest BCUT2D eigenvalue weighted by Gasteiger charge is 2.30. The standard InChI is InChI=1S/C14H14ClNO2/c15-10-2-4-12-9(5-10)7-13(18-12)14(17)8-1-3-11(16)6-8/h2,4-5,7-8,11H,1,3,6,16H2. The van der Waals surface area contributed by atoms with Gasteiger partial charge < -0.3 is 10.2 Å². The summed E-state index contributed by atoms with van der Waals surface area (Å²) >= 11 is 5.91. The third kappa shape index (κ3) is 2.04. The summed E-state index contributed by atoms with van der Waals surface area (Å²) in [5.74, 6) is 0.498. The van der Waals surface area contributed by atoms with E-state index in [1.54, 1.807) is 24.3 Å². The van der Waals surface area contributed by atoms with Crippen LogP contribution in [0.15, 0.2) is 28.7 Å². The maximum Gasteiger partial charge on any atom is 0.201 e. The number of carbonyl (C=O) groups is 1. The first-order valence-corrected chi connectivity index (χ1v) is 6.50. The molecule has 3 nitrogen and oxygen atoms in total. The molecular formula is C14H14ClNO2. The minimum absolute atomic E-state index is 0.0102. The van der Waals surface area contributed by atoms with Gasteiger partial charge in [-0.2, -0.15) is 0 Å². The van der Waals surface area contributed by atoms with Gasteiger partial charge in [-0.15, -0.1) is 0 Å². The van der Waals surface area contributed by atoms with Crippen LogP contribution in [0.4, 0.5) is 0 Å². The van der Waals surface area contributed by atoms with E-state index in [0.29, 0.717) is 16.4 Å². The number of halogens is 1. The Balaban J connectivity index is 1.92. The molecular weight excluding hydrogens is 250 g/mol. The number of Topliss-reactive ketones (excluding diaryl/α,β-unsaturated/α-hetero) is 1. The molecule has 18 heavy (non-hydrogen) atoms. The molecule has 1 aromatic carbocycles. The lowest BCUT2D eigenvalue weighted by Crippen LogP contribution is -2.17. The molecule has 1 fully saturated rings. The van der Waals surface area contributed by atoms with Gasteiger partial charge in [-0.25, -0.2) is 0 Å². The van der Waals surface area contributed by atoms with Crippen molar-refractivity contribution in [3.63, 3.8) is 0 Å². The van der Waals surface area contributed by atoms with Gasteiger partial charge in [-0.1, -0.05) is 11.6 Å². The molecule has 0 saturated heterocycles. The molecule has 0 aliphatic heterocycles. The second-order valence-corrected chi connectivity index (χ2v) is 5.36. The minimum Gasteiger partial charge on any atom is -0.453 e. The Labute approximate surface area is 110 Å². The van der Waals surface area contributed by atoms with Gasteiger partial charge in [0.2, 0.25) is 5.78 Å². The van der Waals surface area contributed by atoms with E-state index in [4.69, 9.17) is 21.8 Å². The van der Waals surface area contributed by atoms with Crippen molar-refractivity contribution in [2.75, 3.05) is 0 Å². The van der Waals surface area contributed by atoms with Gasteiger partial charge in [-0.3, -0.25) is 4.79 Å². The van der Waals surface area contributed by atoms with E-state index in [2.05, 4.69) is 0 Å². The Morgan fingerprint density at radius 1 is 1.33 bits per heavy atom. The zero-order chi connectivity index (χ0) is 12.7. The van der Waals surface area contributed by atoms with Crippen LogP contribution < -0.4 is 5.73 Å². The van der Waals surface area contributed by atoms with Crippen LogP contribution in [0.2, 0.25) is 5.02 Å². The maximum atomic E-state index is 12.3. The predicted molar refractivity (Wildman–Crippen MR) is 70.9 cm³/mol. The van der Waals surface area contributed by atoms with E-state index >= 15 is 0 Å². The highest BCUT2D eigenvalue weighted by molar-refractivity contribution is 6.31. The van der Waals surface area contributed by atoms with Gasteiger partial charge in [-0.05, 0) is 43.5 Å². The lowest BCUT2D eigenvalue weighted by molar-refractivity contribution is 0.0895. The van der Waals surface area contributed by atoms with Crippen molar-refractivity contribution < 1.29 is 9.21 Å². The number of carbonyl (C=O) groups excluding carboxylic acids is 1. The Morgan fingerprint density at radius 2 is 2.17 bits per heavy atom. The van der Waals surface area contributed by atoms with Gasteiger partial charge in [0.1, 0.15) is 5.58 Å². The zero-order valence-electron chi connectivity index (χ0n) is 9.86. The van der Waals surface area contributed by atoms with Gasteiger partial charge in [0.25, 0.3) is 0 Å². The molecule has 2 N–H and O–H groups in total. The zero-order valence-corrected chi connectivity index (χ0v) is 10.6. The number of furan rings is 1. The molecule has 4 heteroatoms. The van der Waals surface area contributed by atoms with Gasteiger partial charge in [0, 0.05) is 22.4 Å². The van der Waals surface area contributed by atoms with Crippen LogP contribution in [0, 0.1) is 5.92 Å². The average molecular weight is 264 g/mol. The van der Waals surface area contributed by atoms with Crippen molar-refractivity contribution in [1.29, 1.82) is 0 Å². The van der Waals surface area contributed by atoms with Crippen LogP contribution in [-0.4, -0.2) is 11.8 Å². The van der Waals surface area contributed by atoms with E-state index in [0.717, 1.165) is 24.6 Å². The van der Waals surface area contributed by atoms with Crippen LogP contribution in [-0.2, 0) is 0 Å². The molecule has 1 saturated carbocycles. The molecule has 0 bridgehead atoms. The summed E-state index contributed by atoms with van der Waals surface area (Å²) in [7, 11) is 0. The summed E-state index contributed by atoms with van der Waals surface area (Å²) in [5.41, 5.74) is 6.53. The van der Waals surface area contributed by atoms with Crippen molar-refractivity contribution in [2.24, 2.45) is 11.7 Å². The molecule has 2 unspecified atom stereocenters. The van der Waals surface area contributed by atoms with E-state index < -0.39 is 0 Å². The average Bonchev–Trinajstić information content (AvgIpc) is 2.93. The summed E-state index contributed by atoms with van der Waals surface area (Å²) in [5, 5.41) is 1.51. The SMILES string of the molecule is NC1CCC(C(=O)c2cc3cc(Cl)ccc3o2)C1. The molecule has 0 radical (unpaired) electrons. The molecule has 3 rings (SSSR count). The number of hydrogen-bond acceptors (Lipinski definition) is 3. The summed E-state index contributed by atoms with van der Waals surface area (Å²) < 4.78 is 5.58. The molecule has 0 amide bonds. The highest BCUT2D eigenvalue weighted by Crippen LogP contribution is 2.30. The quantitative estimate of drug-likeness (QED) is 0.845. The van der Waals surface area contributed by atoms with Gasteiger partial charge in [0.15, 0.2) is 5.76 Å². The topological polar surface area (TPSA) is 56.2 Å². The first-order valence-electron chi connectivity index (χ1n) is 6.12. The number of nitrogens with two attached hydrogens (primary N) is 1. The third-order valence-electron chi connectivity index (χ3n) is 3.57. The first kappa shape index (κ1) is 11.8. The largest absolute Gasteiger partial charge is 0.453 e. The van der Waals surface area contributed by atoms with Crippen molar-refractivity contribution >= 4 is 28.4 Å². The second-order valence-electron chi connectivity index (χ2n) is 4.93. The Kier molecular flexibility index (Phi) is 2.88. The Hall–Kier alpha value is -1.32. The van der Waals surface area contributed by atoms with Crippen LogP contribution in [0.25, 0.3) is 11.0 Å². The molecule has 1 heterocycles. The third-order valence-corrected chi connectivity index (χ3v) is 3.80. The number of ketones is 1. The van der Waals surface area contributed by atoms with Crippen LogP contribution >= 0.6 is 11.6 Å².